The lowest BCUT2D eigenvalue weighted by Crippen LogP contribution is -2.48. The molecule has 15 nitrogen and oxygen atoms in total. The van der Waals surface area contributed by atoms with Crippen molar-refractivity contribution in [2.24, 2.45) is 0 Å². The fourth-order valence-corrected chi connectivity index (χ4v) is 4.94. The molecule has 240 valence electrons. The zero-order chi connectivity index (χ0) is 30.9. The van der Waals surface area contributed by atoms with Gasteiger partial charge in [0.15, 0.2) is 5.16 Å². The van der Waals surface area contributed by atoms with Crippen LogP contribution in [0.15, 0.2) is 16.1 Å². The third kappa shape index (κ3) is 12.1. The summed E-state index contributed by atoms with van der Waals surface area (Å²) in [7, 11) is 3.08. The van der Waals surface area contributed by atoms with Crippen LogP contribution in [0, 0.1) is 0 Å². The third-order valence-electron chi connectivity index (χ3n) is 6.29. The number of aromatic nitrogens is 4. The van der Waals surface area contributed by atoms with Crippen LogP contribution in [0.25, 0.3) is 0 Å². The number of carbonyl (C=O) groups excluding carboxylic acids is 1. The Morgan fingerprint density at radius 2 is 1.40 bits per heavy atom. The van der Waals surface area contributed by atoms with E-state index in [9.17, 15) is 4.79 Å². The third-order valence-corrected chi connectivity index (χ3v) is 7.21. The minimum Gasteiger partial charge on any atom is -0.480 e. The molecular formula is C27H44N8O7S. The van der Waals surface area contributed by atoms with Crippen molar-refractivity contribution in [1.82, 2.24) is 24.8 Å². The number of nitrogens with two attached hydrogens (primary N) is 2. The molecule has 0 aromatic carbocycles. The normalized spacial score (nSPS) is 13.7. The standard InChI is InChI=1S/C27H44N8O7S/c1-4-5-6-22(36)42-18-17-41-16-15-40-14-13-39-12-11-34-7-9-35(10-8-34)26-32-24(37-2)23(25(33-26)38-3)43-27-30-20(28)19-21(29)31-27/h19H,4-18H2,1-3H3,(H4,28,29,30,31). The maximum Gasteiger partial charge on any atom is 0.305 e. The van der Waals surface area contributed by atoms with Crippen LogP contribution in [0.1, 0.15) is 26.2 Å². The van der Waals surface area contributed by atoms with Crippen LogP contribution in [-0.4, -0.2) is 124 Å². The maximum absolute atomic E-state index is 11.4. The monoisotopic (exact) mass is 624 g/mol. The molecule has 0 unspecified atom stereocenters. The Kier molecular flexibility index (Phi) is 15.3. The van der Waals surface area contributed by atoms with Crippen LogP contribution in [0.2, 0.25) is 0 Å². The zero-order valence-corrected chi connectivity index (χ0v) is 26.1. The molecule has 1 aliphatic rings. The van der Waals surface area contributed by atoms with Crippen LogP contribution < -0.4 is 25.8 Å². The van der Waals surface area contributed by atoms with E-state index >= 15 is 0 Å². The van der Waals surface area contributed by atoms with Gasteiger partial charge in [-0.3, -0.25) is 9.69 Å². The number of piperazine rings is 1. The molecule has 0 aliphatic carbocycles. The molecule has 4 N–H and O–H groups in total. The first-order valence-corrected chi connectivity index (χ1v) is 15.2. The Morgan fingerprint density at radius 1 is 0.837 bits per heavy atom. The summed E-state index contributed by atoms with van der Waals surface area (Å²) in [5, 5.41) is 0.343. The molecule has 1 fully saturated rings. The molecule has 2 aromatic heterocycles. The lowest BCUT2D eigenvalue weighted by atomic mass is 10.2. The first-order chi connectivity index (χ1) is 20.9. The van der Waals surface area contributed by atoms with Crippen molar-refractivity contribution in [2.75, 3.05) is 110 Å². The smallest absolute Gasteiger partial charge is 0.305 e. The van der Waals surface area contributed by atoms with Crippen LogP contribution >= 0.6 is 11.8 Å². The molecule has 0 spiro atoms. The van der Waals surface area contributed by atoms with Gasteiger partial charge in [-0.15, -0.1) is 0 Å². The Labute approximate surface area is 256 Å². The molecule has 0 atom stereocenters. The molecule has 0 saturated carbocycles. The minimum absolute atomic E-state index is 0.172. The summed E-state index contributed by atoms with van der Waals surface area (Å²) < 4.78 is 32.9. The quantitative estimate of drug-likeness (QED) is 0.123. The lowest BCUT2D eigenvalue weighted by Gasteiger charge is -2.34. The average Bonchev–Trinajstić information content (AvgIpc) is 3.00. The first kappa shape index (κ1) is 34.3. The molecule has 3 rings (SSSR count). The Balaban J connectivity index is 1.30. The number of methoxy groups -OCH3 is 2. The van der Waals surface area contributed by atoms with E-state index in [-0.39, 0.29) is 24.2 Å². The van der Waals surface area contributed by atoms with Gasteiger partial charge in [-0.05, 0) is 18.2 Å². The van der Waals surface area contributed by atoms with Crippen molar-refractivity contribution in [3.8, 4) is 11.8 Å². The molecule has 1 saturated heterocycles. The number of esters is 1. The number of nitrogens with zero attached hydrogens (tertiary/aromatic N) is 6. The largest absolute Gasteiger partial charge is 0.480 e. The van der Waals surface area contributed by atoms with Gasteiger partial charge < -0.3 is 44.8 Å². The summed E-state index contributed by atoms with van der Waals surface area (Å²) in [4.78, 5) is 34.0. The van der Waals surface area contributed by atoms with Gasteiger partial charge >= 0.3 is 5.97 Å². The van der Waals surface area contributed by atoms with Crippen molar-refractivity contribution in [2.45, 2.75) is 36.2 Å². The van der Waals surface area contributed by atoms with E-state index in [1.807, 2.05) is 6.92 Å². The molecule has 0 amide bonds. The predicted molar refractivity (Wildman–Crippen MR) is 162 cm³/mol. The van der Waals surface area contributed by atoms with E-state index in [0.29, 0.717) is 73.8 Å². The van der Waals surface area contributed by atoms with E-state index in [2.05, 4.69) is 29.7 Å². The van der Waals surface area contributed by atoms with Gasteiger partial charge in [-0.2, -0.15) is 9.97 Å². The molecular weight excluding hydrogens is 580 g/mol. The van der Waals surface area contributed by atoms with Crippen LogP contribution in [0.5, 0.6) is 11.8 Å². The van der Waals surface area contributed by atoms with Gasteiger partial charge in [0.05, 0.1) is 53.9 Å². The van der Waals surface area contributed by atoms with E-state index in [4.69, 9.17) is 39.9 Å². The summed E-state index contributed by atoms with van der Waals surface area (Å²) in [6.45, 7) is 9.22. The van der Waals surface area contributed by atoms with Crippen molar-refractivity contribution in [3.05, 3.63) is 6.07 Å². The van der Waals surface area contributed by atoms with Gasteiger partial charge in [0.2, 0.25) is 17.7 Å². The SMILES string of the molecule is CCCCC(=O)OCCOCCOCCOCCN1CCN(c2nc(OC)c(Sc3nc(N)cc(N)n3)c(OC)n2)CC1. The summed E-state index contributed by atoms with van der Waals surface area (Å²) in [6, 6.07) is 1.48. The van der Waals surface area contributed by atoms with E-state index < -0.39 is 0 Å². The van der Waals surface area contributed by atoms with Crippen molar-refractivity contribution >= 4 is 35.3 Å². The van der Waals surface area contributed by atoms with Crippen molar-refractivity contribution < 1.29 is 33.2 Å². The Bertz CT molecular complexity index is 1080. The molecule has 1 aliphatic heterocycles. The molecule has 3 heterocycles. The summed E-state index contributed by atoms with van der Waals surface area (Å²) in [5.41, 5.74) is 11.6. The maximum atomic E-state index is 11.4. The van der Waals surface area contributed by atoms with Gasteiger partial charge in [-0.1, -0.05) is 13.3 Å². The molecule has 16 heteroatoms. The molecule has 0 bridgehead atoms. The number of rotatable bonds is 20. The number of ether oxygens (including phenoxy) is 6. The van der Waals surface area contributed by atoms with E-state index in [1.165, 1.54) is 32.0 Å². The second-order valence-electron chi connectivity index (χ2n) is 9.46. The van der Waals surface area contributed by atoms with Gasteiger partial charge in [0, 0.05) is 45.2 Å². The minimum atomic E-state index is -0.172. The van der Waals surface area contributed by atoms with Gasteiger partial charge in [0.25, 0.3) is 0 Å². The highest BCUT2D eigenvalue weighted by Gasteiger charge is 2.24. The van der Waals surface area contributed by atoms with E-state index in [0.717, 1.165) is 45.6 Å². The number of carbonyl (C=O) groups is 1. The summed E-state index contributed by atoms with van der Waals surface area (Å²) in [6.07, 6.45) is 2.29. The highest BCUT2D eigenvalue weighted by atomic mass is 32.2. The molecule has 43 heavy (non-hydrogen) atoms. The lowest BCUT2D eigenvalue weighted by molar-refractivity contribution is -0.145. The second-order valence-corrected chi connectivity index (χ2v) is 10.4. The number of hydrogen-bond acceptors (Lipinski definition) is 16. The van der Waals surface area contributed by atoms with Crippen LogP contribution in [0.4, 0.5) is 17.6 Å². The number of unbranched alkanes of at least 4 members (excludes halogenated alkanes) is 1. The fraction of sp³-hybridized carbons (Fsp3) is 0.667. The zero-order valence-electron chi connectivity index (χ0n) is 25.3. The highest BCUT2D eigenvalue weighted by molar-refractivity contribution is 7.99. The fourth-order valence-electron chi connectivity index (χ4n) is 4.02. The molecule has 2 aromatic rings. The summed E-state index contributed by atoms with van der Waals surface area (Å²) >= 11 is 1.17. The van der Waals surface area contributed by atoms with Crippen LogP contribution in [0.3, 0.4) is 0 Å². The number of hydrogen-bond donors (Lipinski definition) is 2. The van der Waals surface area contributed by atoms with Crippen molar-refractivity contribution in [3.63, 3.8) is 0 Å². The van der Waals surface area contributed by atoms with E-state index in [1.54, 1.807) is 0 Å². The average molecular weight is 625 g/mol. The van der Waals surface area contributed by atoms with Gasteiger partial charge in [-0.25, -0.2) is 9.97 Å². The van der Waals surface area contributed by atoms with Crippen LogP contribution in [-0.2, 0) is 23.7 Å². The Hall–Kier alpha value is -3.18. The van der Waals surface area contributed by atoms with Gasteiger partial charge in [0.1, 0.15) is 23.1 Å². The molecule has 0 radical (unpaired) electrons. The Morgan fingerprint density at radius 3 is 1.95 bits per heavy atom. The topological polar surface area (TPSA) is 183 Å². The number of nitrogen functional groups attached to an aromatic ring is 2. The highest BCUT2D eigenvalue weighted by Crippen LogP contribution is 2.40. The number of anilines is 3. The second kappa shape index (κ2) is 19.2. The summed E-state index contributed by atoms with van der Waals surface area (Å²) in [5.74, 6) is 1.58. The first-order valence-electron chi connectivity index (χ1n) is 14.4. The van der Waals surface area contributed by atoms with Crippen molar-refractivity contribution in [1.29, 1.82) is 0 Å². The predicted octanol–water partition coefficient (Wildman–Crippen LogP) is 1.50.